The molecule has 0 amide bonds. The number of halogens is 6. The number of alkyl halides is 4. The number of anilines is 1. The molecule has 6 rings (SSSR count). The number of hydrogen-bond donors (Lipinski definition) is 0. The summed E-state index contributed by atoms with van der Waals surface area (Å²) in [4.78, 5) is 2.09. The van der Waals surface area contributed by atoms with E-state index in [9.17, 15) is 22.0 Å². The van der Waals surface area contributed by atoms with Gasteiger partial charge in [0.05, 0.1) is 24.5 Å². The van der Waals surface area contributed by atoms with Crippen molar-refractivity contribution >= 4 is 16.6 Å². The molecule has 4 aromatic rings. The molecule has 1 spiro atoms. The van der Waals surface area contributed by atoms with Crippen molar-refractivity contribution in [1.29, 1.82) is 0 Å². The third-order valence-electron chi connectivity index (χ3n) is 7.29. The number of ether oxygens (including phenoxy) is 2. The topological polar surface area (TPSA) is 39.5 Å². The van der Waals surface area contributed by atoms with Crippen molar-refractivity contribution in [3.05, 3.63) is 83.4 Å². The van der Waals surface area contributed by atoms with Crippen molar-refractivity contribution < 1.29 is 35.8 Å². The Morgan fingerprint density at radius 1 is 0.897 bits per heavy atom. The van der Waals surface area contributed by atoms with Gasteiger partial charge in [0.15, 0.2) is 5.79 Å². The summed E-state index contributed by atoms with van der Waals surface area (Å²) in [5.74, 6) is -2.66. The van der Waals surface area contributed by atoms with Crippen molar-refractivity contribution in [3.8, 4) is 11.3 Å². The fourth-order valence-corrected chi connectivity index (χ4v) is 5.37. The molecule has 3 heterocycles. The summed E-state index contributed by atoms with van der Waals surface area (Å²) in [5.41, 5.74) is -0.838. The van der Waals surface area contributed by atoms with E-state index in [1.54, 1.807) is 18.2 Å². The number of nitrogens with zero attached hydrogens (tertiary/aromatic N) is 3. The highest BCUT2D eigenvalue weighted by atomic mass is 19.4. The molecule has 0 N–H and O–H groups in total. The van der Waals surface area contributed by atoms with Crippen LogP contribution in [0.3, 0.4) is 0 Å². The van der Waals surface area contributed by atoms with E-state index in [-0.39, 0.29) is 11.1 Å². The van der Waals surface area contributed by atoms with Crippen molar-refractivity contribution in [3.63, 3.8) is 0 Å². The average molecular weight is 547 g/mol. The zero-order valence-electron chi connectivity index (χ0n) is 20.5. The number of benzene rings is 3. The fraction of sp³-hybridized carbons (Fsp3) is 0.321. The number of rotatable bonds is 4. The molecule has 39 heavy (non-hydrogen) atoms. The maximum atomic E-state index is 15.9. The lowest BCUT2D eigenvalue weighted by Gasteiger charge is -2.38. The normalized spacial score (nSPS) is 18.3. The predicted molar refractivity (Wildman–Crippen MR) is 132 cm³/mol. The first-order valence-electron chi connectivity index (χ1n) is 12.5. The van der Waals surface area contributed by atoms with Crippen LogP contribution in [0.1, 0.15) is 30.3 Å². The lowest BCUT2D eigenvalue weighted by Crippen LogP contribution is -2.45. The number of fused-ring (bicyclic) bond motifs is 1. The van der Waals surface area contributed by atoms with Crippen LogP contribution >= 0.6 is 0 Å². The monoisotopic (exact) mass is 547 g/mol. The zero-order valence-corrected chi connectivity index (χ0v) is 20.5. The second kappa shape index (κ2) is 9.56. The van der Waals surface area contributed by atoms with Gasteiger partial charge in [0.2, 0.25) is 6.30 Å². The molecular formula is C28H23F6N3O2. The van der Waals surface area contributed by atoms with Crippen molar-refractivity contribution in [2.45, 2.75) is 31.1 Å². The minimum absolute atomic E-state index is 0.0464. The predicted octanol–water partition coefficient (Wildman–Crippen LogP) is 6.86. The Morgan fingerprint density at radius 3 is 2.31 bits per heavy atom. The van der Waals surface area contributed by atoms with E-state index in [0.29, 0.717) is 50.8 Å². The van der Waals surface area contributed by atoms with E-state index in [1.807, 2.05) is 6.07 Å². The van der Waals surface area contributed by atoms with Crippen molar-refractivity contribution in [2.24, 2.45) is 0 Å². The van der Waals surface area contributed by atoms with Crippen molar-refractivity contribution in [2.75, 3.05) is 31.2 Å². The van der Waals surface area contributed by atoms with E-state index in [0.717, 1.165) is 28.6 Å². The molecule has 2 saturated heterocycles. The molecule has 1 unspecified atom stereocenters. The molecule has 0 bridgehead atoms. The minimum atomic E-state index is -4.75. The Balaban J connectivity index is 1.46. The summed E-state index contributed by atoms with van der Waals surface area (Å²) in [7, 11) is 0. The highest BCUT2D eigenvalue weighted by molar-refractivity contribution is 5.96. The van der Waals surface area contributed by atoms with Crippen LogP contribution in [0.4, 0.5) is 32.0 Å². The van der Waals surface area contributed by atoms with Crippen LogP contribution in [0.5, 0.6) is 0 Å². The molecule has 5 nitrogen and oxygen atoms in total. The van der Waals surface area contributed by atoms with Crippen LogP contribution in [0, 0.1) is 11.6 Å². The molecule has 1 atom stereocenters. The maximum Gasteiger partial charge on any atom is 0.418 e. The quantitative estimate of drug-likeness (QED) is 0.262. The van der Waals surface area contributed by atoms with Crippen LogP contribution in [0.15, 0.2) is 60.7 Å². The molecule has 2 aliphatic rings. The second-order valence-electron chi connectivity index (χ2n) is 9.64. The van der Waals surface area contributed by atoms with Gasteiger partial charge in [-0.1, -0.05) is 24.3 Å². The lowest BCUT2D eigenvalue weighted by molar-refractivity contribution is -0.169. The number of aromatic nitrogens is 2. The summed E-state index contributed by atoms with van der Waals surface area (Å²) < 4.78 is 97.8. The minimum Gasteiger partial charge on any atom is -0.371 e. The summed E-state index contributed by atoms with van der Waals surface area (Å²) in [6, 6.07) is 12.8. The highest BCUT2D eigenvalue weighted by Gasteiger charge is 2.40. The summed E-state index contributed by atoms with van der Waals surface area (Å²) >= 11 is 0. The third-order valence-corrected chi connectivity index (χ3v) is 7.29. The number of hydrogen-bond acceptors (Lipinski definition) is 4. The van der Waals surface area contributed by atoms with E-state index < -0.39 is 46.5 Å². The van der Waals surface area contributed by atoms with Gasteiger partial charge in [-0.3, -0.25) is 0 Å². The Kier molecular flexibility index (Phi) is 6.30. The van der Waals surface area contributed by atoms with E-state index in [4.69, 9.17) is 9.47 Å². The molecule has 0 radical (unpaired) electrons. The van der Waals surface area contributed by atoms with Gasteiger partial charge in [-0.2, -0.15) is 18.3 Å². The Labute approximate surface area is 219 Å². The van der Waals surface area contributed by atoms with Crippen LogP contribution < -0.4 is 4.90 Å². The first kappa shape index (κ1) is 25.7. The standard InChI is InChI=1S/C28H23F6N3O2/c29-18-7-8-20(23(30)16-18)26(31)37-25(21-5-2-6-22(24(21)35-37)28(32,33)34)17-3-1-4-19(15-17)36-11-9-27(10-12-36)38-13-14-39-27/h1-8,15-16,26H,9-14H2. The molecule has 204 valence electrons. The van der Waals surface area contributed by atoms with E-state index in [1.165, 1.54) is 12.1 Å². The molecule has 1 aromatic heterocycles. The molecule has 0 saturated carbocycles. The summed E-state index contributed by atoms with van der Waals surface area (Å²) in [6.45, 7) is 2.33. The van der Waals surface area contributed by atoms with Gasteiger partial charge in [0.1, 0.15) is 17.2 Å². The molecule has 2 aliphatic heterocycles. The Morgan fingerprint density at radius 2 is 1.62 bits per heavy atom. The molecule has 2 fully saturated rings. The van der Waals surface area contributed by atoms with Gasteiger partial charge in [-0.15, -0.1) is 0 Å². The molecule has 11 heteroatoms. The molecular weight excluding hydrogens is 524 g/mol. The maximum absolute atomic E-state index is 15.9. The average Bonchev–Trinajstić information content (AvgIpc) is 3.53. The molecule has 0 aliphatic carbocycles. The molecule has 3 aromatic carbocycles. The van der Waals surface area contributed by atoms with Crippen molar-refractivity contribution in [1.82, 2.24) is 9.78 Å². The summed E-state index contributed by atoms with van der Waals surface area (Å²) in [6.07, 6.45) is -5.78. The lowest BCUT2D eigenvalue weighted by atomic mass is 10.0. The third kappa shape index (κ3) is 4.63. The van der Waals surface area contributed by atoms with E-state index in [2.05, 4.69) is 10.00 Å². The Bertz CT molecular complexity index is 1520. The van der Waals surface area contributed by atoms with Gasteiger partial charge in [-0.05, 0) is 30.3 Å². The SMILES string of the molecule is Fc1ccc(C(F)n2nc3c(C(F)(F)F)cccc3c2-c2cccc(N3CCC4(CC3)OCCO4)c2)c(F)c1. The summed E-state index contributed by atoms with van der Waals surface area (Å²) in [5, 5.41) is 4.05. The van der Waals surface area contributed by atoms with Gasteiger partial charge >= 0.3 is 6.18 Å². The zero-order chi connectivity index (χ0) is 27.4. The second-order valence-corrected chi connectivity index (χ2v) is 9.64. The highest BCUT2D eigenvalue weighted by Crippen LogP contribution is 2.41. The van der Waals surface area contributed by atoms with Crippen LogP contribution in [-0.4, -0.2) is 41.9 Å². The van der Waals surface area contributed by atoms with Gasteiger partial charge in [-0.25, -0.2) is 17.9 Å². The van der Waals surface area contributed by atoms with Gasteiger partial charge in [0, 0.05) is 54.2 Å². The van der Waals surface area contributed by atoms with E-state index >= 15 is 4.39 Å². The fourth-order valence-electron chi connectivity index (χ4n) is 5.37. The number of piperidine rings is 1. The largest absolute Gasteiger partial charge is 0.418 e. The first-order chi connectivity index (χ1) is 18.7. The van der Waals surface area contributed by atoms with Crippen LogP contribution in [-0.2, 0) is 15.7 Å². The van der Waals surface area contributed by atoms with Gasteiger partial charge < -0.3 is 14.4 Å². The van der Waals surface area contributed by atoms with Crippen LogP contribution in [0.2, 0.25) is 0 Å². The van der Waals surface area contributed by atoms with Crippen LogP contribution in [0.25, 0.3) is 22.2 Å². The smallest absolute Gasteiger partial charge is 0.371 e. The first-order valence-corrected chi connectivity index (χ1v) is 12.5. The van der Waals surface area contributed by atoms with Gasteiger partial charge in [0.25, 0.3) is 0 Å². The Hall–Kier alpha value is -3.57.